The molecule has 1 aromatic rings. The highest BCUT2D eigenvalue weighted by molar-refractivity contribution is 5.80. The molecule has 0 spiro atoms. The lowest BCUT2D eigenvalue weighted by molar-refractivity contribution is -0.138. The summed E-state index contributed by atoms with van der Waals surface area (Å²) in [5, 5.41) is 8.86. The molecule has 1 rings (SSSR count). The molecule has 0 aromatic heterocycles. The molecule has 0 fully saturated rings. The van der Waals surface area contributed by atoms with Crippen molar-refractivity contribution < 1.29 is 19.4 Å². The molecule has 0 aliphatic heterocycles. The van der Waals surface area contributed by atoms with Gasteiger partial charge in [-0.15, -0.1) is 0 Å². The van der Waals surface area contributed by atoms with Gasteiger partial charge in [-0.1, -0.05) is 19.9 Å². The van der Waals surface area contributed by atoms with Crippen molar-refractivity contribution in [1.82, 2.24) is 0 Å². The number of benzene rings is 1. The van der Waals surface area contributed by atoms with Crippen molar-refractivity contribution in [3.8, 4) is 5.75 Å². The van der Waals surface area contributed by atoms with Crippen molar-refractivity contribution >= 4 is 12.3 Å². The van der Waals surface area contributed by atoms with Crippen molar-refractivity contribution in [2.24, 2.45) is 0 Å². The fourth-order valence-corrected chi connectivity index (χ4v) is 1.85. The largest absolute Gasteiger partial charge is 0.497 e. The third-order valence-corrected chi connectivity index (χ3v) is 2.71. The van der Waals surface area contributed by atoms with E-state index in [1.807, 2.05) is 0 Å². The van der Waals surface area contributed by atoms with Crippen LogP contribution < -0.4 is 4.74 Å². The van der Waals surface area contributed by atoms with E-state index in [1.165, 1.54) is 7.11 Å². The maximum atomic E-state index is 11.0. The lowest BCUT2D eigenvalue weighted by Gasteiger charge is -2.24. The number of carbonyl (C=O) groups is 2. The number of hydrogen-bond acceptors (Lipinski definition) is 3. The molecule has 0 unspecified atom stereocenters. The van der Waals surface area contributed by atoms with E-state index in [4.69, 9.17) is 9.84 Å². The minimum Gasteiger partial charge on any atom is -0.497 e. The lowest BCUT2D eigenvalue weighted by Crippen LogP contribution is -2.23. The van der Waals surface area contributed by atoms with E-state index in [1.54, 1.807) is 32.0 Å². The smallest absolute Gasteiger partial charge is 0.304 e. The van der Waals surface area contributed by atoms with Crippen LogP contribution in [0.25, 0.3) is 0 Å². The topological polar surface area (TPSA) is 63.6 Å². The van der Waals surface area contributed by atoms with Gasteiger partial charge in [-0.3, -0.25) is 9.59 Å². The van der Waals surface area contributed by atoms with Gasteiger partial charge >= 0.3 is 5.97 Å². The second-order valence-corrected chi connectivity index (χ2v) is 4.53. The van der Waals surface area contributed by atoms with Gasteiger partial charge in [-0.05, 0) is 17.7 Å². The molecule has 0 radical (unpaired) electrons. The van der Waals surface area contributed by atoms with E-state index in [2.05, 4.69) is 0 Å². The maximum Gasteiger partial charge on any atom is 0.304 e. The van der Waals surface area contributed by atoms with E-state index in [-0.39, 0.29) is 6.42 Å². The van der Waals surface area contributed by atoms with Gasteiger partial charge in [0, 0.05) is 11.0 Å². The standard InChI is InChI=1S/C13H16O4/c1-13(2,7-12(15)16)11-5-4-10(17-3)6-9(11)8-14/h4-6,8H,7H2,1-3H3,(H,15,16). The van der Waals surface area contributed by atoms with Crippen LogP contribution in [0.3, 0.4) is 0 Å². The summed E-state index contributed by atoms with van der Waals surface area (Å²) < 4.78 is 5.03. The van der Waals surface area contributed by atoms with Gasteiger partial charge in [-0.25, -0.2) is 0 Å². The molecule has 17 heavy (non-hydrogen) atoms. The number of carbonyl (C=O) groups excluding carboxylic acids is 1. The van der Waals surface area contributed by atoms with Crippen molar-refractivity contribution in [2.75, 3.05) is 7.11 Å². The molecule has 0 saturated carbocycles. The Morgan fingerprint density at radius 3 is 2.59 bits per heavy atom. The summed E-state index contributed by atoms with van der Waals surface area (Å²) in [6.07, 6.45) is 0.696. The van der Waals surface area contributed by atoms with E-state index in [0.29, 0.717) is 11.3 Å². The SMILES string of the molecule is COc1ccc(C(C)(C)CC(=O)O)c(C=O)c1. The predicted molar refractivity (Wildman–Crippen MR) is 63.7 cm³/mol. The molecular formula is C13H16O4. The van der Waals surface area contributed by atoms with Crippen LogP contribution in [-0.4, -0.2) is 24.5 Å². The number of hydrogen-bond donors (Lipinski definition) is 1. The first-order valence-electron chi connectivity index (χ1n) is 5.26. The van der Waals surface area contributed by atoms with Gasteiger partial charge in [0.1, 0.15) is 12.0 Å². The van der Waals surface area contributed by atoms with Crippen LogP contribution in [0.15, 0.2) is 18.2 Å². The monoisotopic (exact) mass is 236 g/mol. The molecule has 4 heteroatoms. The van der Waals surface area contributed by atoms with Crippen LogP contribution in [0.1, 0.15) is 36.2 Å². The number of carboxylic acids is 1. The third-order valence-electron chi connectivity index (χ3n) is 2.71. The van der Waals surface area contributed by atoms with Crippen LogP contribution in [0.5, 0.6) is 5.75 Å². The second-order valence-electron chi connectivity index (χ2n) is 4.53. The Hall–Kier alpha value is -1.84. The predicted octanol–water partition coefficient (Wildman–Crippen LogP) is 2.26. The van der Waals surface area contributed by atoms with Gasteiger partial charge in [-0.2, -0.15) is 0 Å². The Morgan fingerprint density at radius 2 is 2.12 bits per heavy atom. The number of ether oxygens (including phenoxy) is 1. The van der Waals surface area contributed by atoms with Crippen molar-refractivity contribution in [3.05, 3.63) is 29.3 Å². The van der Waals surface area contributed by atoms with Crippen LogP contribution in [0.2, 0.25) is 0 Å². The lowest BCUT2D eigenvalue weighted by atomic mass is 9.79. The summed E-state index contributed by atoms with van der Waals surface area (Å²) in [5.41, 5.74) is 0.597. The molecule has 0 bridgehead atoms. The zero-order valence-corrected chi connectivity index (χ0v) is 10.2. The first kappa shape index (κ1) is 13.2. The average Bonchev–Trinajstić information content (AvgIpc) is 2.26. The first-order chi connectivity index (χ1) is 7.90. The summed E-state index contributed by atoms with van der Waals surface area (Å²) >= 11 is 0. The summed E-state index contributed by atoms with van der Waals surface area (Å²) in [6.45, 7) is 3.60. The van der Waals surface area contributed by atoms with Crippen LogP contribution in [-0.2, 0) is 10.2 Å². The number of rotatable bonds is 5. The van der Waals surface area contributed by atoms with Crippen molar-refractivity contribution in [3.63, 3.8) is 0 Å². The van der Waals surface area contributed by atoms with Gasteiger partial charge in [0.05, 0.1) is 13.5 Å². The molecule has 1 N–H and O–H groups in total. The summed E-state index contributed by atoms with van der Waals surface area (Å²) in [5.74, 6) is -0.301. The zero-order valence-electron chi connectivity index (χ0n) is 10.2. The average molecular weight is 236 g/mol. The molecule has 0 amide bonds. The van der Waals surface area contributed by atoms with Gasteiger partial charge in [0.2, 0.25) is 0 Å². The Morgan fingerprint density at radius 1 is 1.47 bits per heavy atom. The molecule has 0 aliphatic carbocycles. The third kappa shape index (κ3) is 3.06. The fraction of sp³-hybridized carbons (Fsp3) is 0.385. The molecule has 4 nitrogen and oxygen atoms in total. The van der Waals surface area contributed by atoms with Crippen molar-refractivity contribution in [2.45, 2.75) is 25.7 Å². The molecule has 0 atom stereocenters. The van der Waals surface area contributed by atoms with E-state index < -0.39 is 11.4 Å². The van der Waals surface area contributed by atoms with Gasteiger partial charge < -0.3 is 9.84 Å². The number of aliphatic carboxylic acids is 1. The molecule has 0 aliphatic rings. The quantitative estimate of drug-likeness (QED) is 0.796. The number of methoxy groups -OCH3 is 1. The van der Waals surface area contributed by atoms with E-state index in [9.17, 15) is 9.59 Å². The Kier molecular flexibility index (Phi) is 3.89. The Labute approximate surface area is 100 Å². The van der Waals surface area contributed by atoms with Crippen LogP contribution in [0.4, 0.5) is 0 Å². The van der Waals surface area contributed by atoms with Gasteiger partial charge in [0.15, 0.2) is 0 Å². The van der Waals surface area contributed by atoms with Gasteiger partial charge in [0.25, 0.3) is 0 Å². The molecular weight excluding hydrogens is 220 g/mol. The highest BCUT2D eigenvalue weighted by Gasteiger charge is 2.26. The molecule has 0 heterocycles. The zero-order chi connectivity index (χ0) is 13.1. The highest BCUT2D eigenvalue weighted by atomic mass is 16.5. The second kappa shape index (κ2) is 4.99. The van der Waals surface area contributed by atoms with E-state index in [0.717, 1.165) is 11.8 Å². The van der Waals surface area contributed by atoms with Crippen LogP contribution in [0, 0.1) is 0 Å². The fourth-order valence-electron chi connectivity index (χ4n) is 1.85. The molecule has 0 saturated heterocycles. The minimum atomic E-state index is -0.886. The van der Waals surface area contributed by atoms with Crippen LogP contribution >= 0.6 is 0 Å². The minimum absolute atomic E-state index is 0.0276. The van der Waals surface area contributed by atoms with Crippen molar-refractivity contribution in [1.29, 1.82) is 0 Å². The molecule has 92 valence electrons. The number of carboxylic acid groups (broad SMARTS) is 1. The summed E-state index contributed by atoms with van der Waals surface area (Å²) in [6, 6.07) is 5.09. The Balaban J connectivity index is 3.20. The summed E-state index contributed by atoms with van der Waals surface area (Å²) in [4.78, 5) is 21.8. The van der Waals surface area contributed by atoms with E-state index >= 15 is 0 Å². The highest BCUT2D eigenvalue weighted by Crippen LogP contribution is 2.31. The molecule has 1 aromatic carbocycles. The normalized spacial score (nSPS) is 11.0. The summed E-state index contributed by atoms with van der Waals surface area (Å²) in [7, 11) is 1.52. The Bertz CT molecular complexity index is 435. The maximum absolute atomic E-state index is 11.0. The number of aldehydes is 1. The first-order valence-corrected chi connectivity index (χ1v) is 5.26.